The number of hydrogen-bond donors (Lipinski definition) is 1. The average Bonchev–Trinajstić information content (AvgIpc) is 2.45. The van der Waals surface area contributed by atoms with E-state index in [1.165, 1.54) is 0 Å². The third-order valence-electron chi connectivity index (χ3n) is 2.54. The van der Waals surface area contributed by atoms with Crippen LogP contribution in [0.25, 0.3) is 0 Å². The highest BCUT2D eigenvalue weighted by Crippen LogP contribution is 2.26. The first-order valence-corrected chi connectivity index (χ1v) is 5.72. The highest BCUT2D eigenvalue weighted by molar-refractivity contribution is 5.40. The van der Waals surface area contributed by atoms with Gasteiger partial charge in [-0.1, -0.05) is 12.1 Å². The van der Waals surface area contributed by atoms with Crippen molar-refractivity contribution < 1.29 is 9.47 Å². The highest BCUT2D eigenvalue weighted by atomic mass is 16.5. The maximum absolute atomic E-state index is 5.73. The number of hydrogen-bond acceptors (Lipinski definition) is 4. The van der Waals surface area contributed by atoms with Crippen LogP contribution in [0.2, 0.25) is 0 Å². The van der Waals surface area contributed by atoms with Crippen LogP contribution in [-0.4, -0.2) is 19.1 Å². The Kier molecular flexibility index (Phi) is 4.02. The Morgan fingerprint density at radius 3 is 2.67 bits per heavy atom. The van der Waals surface area contributed by atoms with E-state index in [9.17, 15) is 0 Å². The van der Waals surface area contributed by atoms with Gasteiger partial charge in [0.15, 0.2) is 11.5 Å². The first-order valence-electron chi connectivity index (χ1n) is 5.72. The van der Waals surface area contributed by atoms with E-state index in [2.05, 4.69) is 10.3 Å². The van der Waals surface area contributed by atoms with E-state index < -0.39 is 0 Å². The van der Waals surface area contributed by atoms with Gasteiger partial charge in [-0.05, 0) is 29.8 Å². The van der Waals surface area contributed by atoms with E-state index in [1.807, 2.05) is 43.4 Å². The molecule has 4 nitrogen and oxygen atoms in total. The molecule has 2 aromatic rings. The monoisotopic (exact) mass is 244 g/mol. The molecule has 1 heterocycles. The molecular formula is C14H16N2O2. The minimum Gasteiger partial charge on any atom is -0.493 e. The minimum atomic E-state index is 0.484. The van der Waals surface area contributed by atoms with Gasteiger partial charge in [0.2, 0.25) is 0 Å². The van der Waals surface area contributed by atoms with Crippen molar-refractivity contribution in [2.45, 2.75) is 6.61 Å². The van der Waals surface area contributed by atoms with Gasteiger partial charge in [-0.3, -0.25) is 0 Å². The highest BCUT2D eigenvalue weighted by Gasteiger charge is 2.03. The number of ether oxygens (including phenoxy) is 2. The van der Waals surface area contributed by atoms with Gasteiger partial charge in [0.25, 0.3) is 0 Å². The first kappa shape index (κ1) is 12.2. The summed E-state index contributed by atoms with van der Waals surface area (Å²) in [6.07, 6.45) is 1.76. The molecule has 0 saturated heterocycles. The van der Waals surface area contributed by atoms with E-state index in [1.54, 1.807) is 13.3 Å². The molecular weight excluding hydrogens is 228 g/mol. The first-order chi connectivity index (χ1) is 8.83. The van der Waals surface area contributed by atoms with Gasteiger partial charge in [0, 0.05) is 13.2 Å². The zero-order valence-corrected chi connectivity index (χ0v) is 10.5. The Hall–Kier alpha value is -2.23. The summed E-state index contributed by atoms with van der Waals surface area (Å²) in [5, 5.41) is 3.00. The van der Waals surface area contributed by atoms with E-state index in [4.69, 9.17) is 9.47 Å². The molecule has 1 aromatic heterocycles. The third kappa shape index (κ3) is 2.91. The van der Waals surface area contributed by atoms with Crippen LogP contribution >= 0.6 is 0 Å². The Balaban J connectivity index is 2.06. The van der Waals surface area contributed by atoms with Crippen LogP contribution in [0.1, 0.15) is 5.56 Å². The zero-order valence-electron chi connectivity index (χ0n) is 10.5. The van der Waals surface area contributed by atoms with E-state index in [0.717, 1.165) is 22.9 Å². The second-order valence-corrected chi connectivity index (χ2v) is 3.74. The lowest BCUT2D eigenvalue weighted by molar-refractivity contribution is 0.284. The lowest BCUT2D eigenvalue weighted by Gasteiger charge is -2.10. The molecule has 0 bridgehead atoms. The summed E-state index contributed by atoms with van der Waals surface area (Å²) in [5.74, 6) is 2.30. The normalized spacial score (nSPS) is 9.89. The maximum Gasteiger partial charge on any atom is 0.161 e. The molecule has 94 valence electrons. The lowest BCUT2D eigenvalue weighted by Crippen LogP contribution is -1.99. The molecule has 0 saturated carbocycles. The average molecular weight is 244 g/mol. The molecule has 0 fully saturated rings. The summed E-state index contributed by atoms with van der Waals surface area (Å²) in [6, 6.07) is 11.5. The summed E-state index contributed by atoms with van der Waals surface area (Å²) in [5.41, 5.74) is 1.06. The summed E-state index contributed by atoms with van der Waals surface area (Å²) in [4.78, 5) is 4.16. The molecule has 0 amide bonds. The number of anilines is 1. The fraction of sp³-hybridized carbons (Fsp3) is 0.214. The van der Waals surface area contributed by atoms with Crippen molar-refractivity contribution in [3.05, 3.63) is 48.2 Å². The fourth-order valence-electron chi connectivity index (χ4n) is 1.60. The number of pyridine rings is 1. The van der Waals surface area contributed by atoms with Gasteiger partial charge < -0.3 is 14.8 Å². The number of para-hydroxylation sites is 2. The number of rotatable bonds is 5. The molecule has 0 radical (unpaired) electrons. The van der Waals surface area contributed by atoms with Gasteiger partial charge >= 0.3 is 0 Å². The van der Waals surface area contributed by atoms with Gasteiger partial charge in [-0.2, -0.15) is 0 Å². The Labute approximate surface area is 107 Å². The van der Waals surface area contributed by atoms with E-state index in [-0.39, 0.29) is 0 Å². The number of nitrogens with one attached hydrogen (secondary N) is 1. The molecule has 0 aliphatic heterocycles. The maximum atomic E-state index is 5.73. The van der Waals surface area contributed by atoms with Crippen LogP contribution in [0, 0.1) is 0 Å². The Bertz CT molecular complexity index is 515. The predicted molar refractivity (Wildman–Crippen MR) is 71.1 cm³/mol. The van der Waals surface area contributed by atoms with E-state index in [0.29, 0.717) is 6.61 Å². The predicted octanol–water partition coefficient (Wildman–Crippen LogP) is 2.71. The Morgan fingerprint density at radius 1 is 1.17 bits per heavy atom. The quantitative estimate of drug-likeness (QED) is 0.878. The number of aromatic nitrogens is 1. The largest absolute Gasteiger partial charge is 0.493 e. The molecule has 0 unspecified atom stereocenters. The lowest BCUT2D eigenvalue weighted by atomic mass is 10.2. The van der Waals surface area contributed by atoms with Crippen molar-refractivity contribution in [3.63, 3.8) is 0 Å². The van der Waals surface area contributed by atoms with E-state index >= 15 is 0 Å². The van der Waals surface area contributed by atoms with Gasteiger partial charge in [0.05, 0.1) is 7.11 Å². The van der Waals surface area contributed by atoms with Crippen LogP contribution in [0.15, 0.2) is 42.6 Å². The molecule has 0 aliphatic carbocycles. The topological polar surface area (TPSA) is 43.4 Å². The molecule has 18 heavy (non-hydrogen) atoms. The third-order valence-corrected chi connectivity index (χ3v) is 2.54. The van der Waals surface area contributed by atoms with Crippen LogP contribution in [0.5, 0.6) is 11.5 Å². The summed E-state index contributed by atoms with van der Waals surface area (Å²) in [7, 11) is 3.47. The number of nitrogens with zero attached hydrogens (tertiary/aromatic N) is 1. The fourth-order valence-corrected chi connectivity index (χ4v) is 1.60. The van der Waals surface area contributed by atoms with Crippen molar-refractivity contribution in [1.29, 1.82) is 0 Å². The van der Waals surface area contributed by atoms with Crippen LogP contribution in [-0.2, 0) is 6.61 Å². The van der Waals surface area contributed by atoms with Gasteiger partial charge in [0.1, 0.15) is 12.4 Å². The standard InChI is InChI=1S/C14H16N2O2/c1-15-14-9-11(7-8-16-14)10-18-13-6-4-3-5-12(13)17-2/h3-9H,10H2,1-2H3,(H,15,16). The van der Waals surface area contributed by atoms with Gasteiger partial charge in [-0.25, -0.2) is 4.98 Å². The molecule has 2 rings (SSSR count). The van der Waals surface area contributed by atoms with Crippen LogP contribution in [0.3, 0.4) is 0 Å². The SMILES string of the molecule is CNc1cc(COc2ccccc2OC)ccn1. The van der Waals surface area contributed by atoms with Crippen molar-refractivity contribution in [2.24, 2.45) is 0 Å². The zero-order chi connectivity index (χ0) is 12.8. The van der Waals surface area contributed by atoms with Crippen LogP contribution < -0.4 is 14.8 Å². The number of methoxy groups -OCH3 is 1. The molecule has 0 spiro atoms. The smallest absolute Gasteiger partial charge is 0.161 e. The molecule has 0 atom stereocenters. The number of benzene rings is 1. The van der Waals surface area contributed by atoms with Crippen molar-refractivity contribution >= 4 is 5.82 Å². The van der Waals surface area contributed by atoms with Crippen molar-refractivity contribution in [2.75, 3.05) is 19.5 Å². The second kappa shape index (κ2) is 5.91. The molecule has 4 heteroatoms. The summed E-state index contributed by atoms with van der Waals surface area (Å²) >= 11 is 0. The summed E-state index contributed by atoms with van der Waals surface area (Å²) in [6.45, 7) is 0.484. The molecule has 1 N–H and O–H groups in total. The van der Waals surface area contributed by atoms with Gasteiger partial charge in [-0.15, -0.1) is 0 Å². The van der Waals surface area contributed by atoms with Crippen molar-refractivity contribution in [3.8, 4) is 11.5 Å². The Morgan fingerprint density at radius 2 is 1.94 bits per heavy atom. The van der Waals surface area contributed by atoms with Crippen LogP contribution in [0.4, 0.5) is 5.82 Å². The second-order valence-electron chi connectivity index (χ2n) is 3.74. The summed E-state index contributed by atoms with van der Waals surface area (Å²) < 4.78 is 11.0. The minimum absolute atomic E-state index is 0.484. The molecule has 1 aromatic carbocycles. The van der Waals surface area contributed by atoms with Crippen molar-refractivity contribution in [1.82, 2.24) is 4.98 Å². The molecule has 0 aliphatic rings.